The number of nitrogens with one attached hydrogen (secondary N) is 1. The van der Waals surface area contributed by atoms with Crippen LogP contribution in [0.15, 0.2) is 40.8 Å². The number of carboxylic acids is 1. The Kier molecular flexibility index (Phi) is 3.96. The lowest BCUT2D eigenvalue weighted by molar-refractivity contribution is 0.0699. The number of carbonyl (C=O) groups is 1. The van der Waals surface area contributed by atoms with Gasteiger partial charge in [-0.1, -0.05) is 0 Å². The Bertz CT molecular complexity index is 1090. The van der Waals surface area contributed by atoms with E-state index in [0.717, 1.165) is 30.5 Å². The second kappa shape index (κ2) is 5.85. The largest absolute Gasteiger partial charge is 0.478 e. The molecule has 1 aromatic heterocycles. The normalized spacial score (nSPS) is 11.6. The number of benzene rings is 2. The summed E-state index contributed by atoms with van der Waals surface area (Å²) >= 11 is 0. The summed E-state index contributed by atoms with van der Waals surface area (Å²) in [5, 5.41) is 9.41. The zero-order valence-electron chi connectivity index (χ0n) is 12.7. The number of fused-ring (bicyclic) bond motifs is 1. The molecular weight excluding hydrogens is 356 g/mol. The van der Waals surface area contributed by atoms with Crippen LogP contribution in [0.1, 0.15) is 10.4 Å². The highest BCUT2D eigenvalue weighted by Crippen LogP contribution is 2.36. The smallest absolute Gasteiger partial charge is 0.340 e. The van der Waals surface area contributed by atoms with Crippen LogP contribution >= 0.6 is 0 Å². The summed E-state index contributed by atoms with van der Waals surface area (Å²) < 4.78 is 57.3. The summed E-state index contributed by atoms with van der Waals surface area (Å²) in [4.78, 5) is 11.6. The fraction of sp³-hybridized carbons (Fsp3) is 0.0625. The van der Waals surface area contributed by atoms with Crippen molar-refractivity contribution in [1.82, 2.24) is 0 Å². The lowest BCUT2D eigenvalue weighted by Gasteiger charge is -2.04. The molecule has 0 aliphatic carbocycles. The molecule has 0 bridgehead atoms. The molecule has 25 heavy (non-hydrogen) atoms. The van der Waals surface area contributed by atoms with E-state index >= 15 is 0 Å². The number of carboxylic acid groups (broad SMARTS) is 1. The van der Waals surface area contributed by atoms with Crippen LogP contribution in [0.25, 0.3) is 22.3 Å². The van der Waals surface area contributed by atoms with E-state index in [1.165, 1.54) is 12.1 Å². The van der Waals surface area contributed by atoms with E-state index in [-0.39, 0.29) is 33.5 Å². The van der Waals surface area contributed by atoms with Gasteiger partial charge in [-0.25, -0.2) is 22.0 Å². The average Bonchev–Trinajstić information content (AvgIpc) is 2.85. The zero-order chi connectivity index (χ0) is 18.4. The van der Waals surface area contributed by atoms with Crippen molar-refractivity contribution in [1.29, 1.82) is 0 Å². The Morgan fingerprint density at radius 1 is 1.16 bits per heavy atom. The average molecular weight is 367 g/mol. The molecule has 0 saturated heterocycles. The van der Waals surface area contributed by atoms with Gasteiger partial charge in [0.05, 0.1) is 11.9 Å². The van der Waals surface area contributed by atoms with Crippen molar-refractivity contribution >= 4 is 32.6 Å². The van der Waals surface area contributed by atoms with Crippen LogP contribution in [-0.2, 0) is 10.0 Å². The predicted molar refractivity (Wildman–Crippen MR) is 87.0 cm³/mol. The first-order valence-corrected chi connectivity index (χ1v) is 8.78. The van der Waals surface area contributed by atoms with E-state index in [2.05, 4.69) is 0 Å². The molecule has 0 spiro atoms. The Morgan fingerprint density at radius 2 is 1.80 bits per heavy atom. The first-order chi connectivity index (χ1) is 11.7. The van der Waals surface area contributed by atoms with Gasteiger partial charge in [-0.2, -0.15) is 0 Å². The Morgan fingerprint density at radius 3 is 2.36 bits per heavy atom. The summed E-state index contributed by atoms with van der Waals surface area (Å²) in [6.45, 7) is 0. The van der Waals surface area contributed by atoms with Crippen LogP contribution in [0.2, 0.25) is 0 Å². The number of sulfonamides is 1. The summed E-state index contributed by atoms with van der Waals surface area (Å²) in [6.07, 6.45) is 0.853. The van der Waals surface area contributed by atoms with Crippen molar-refractivity contribution in [2.24, 2.45) is 0 Å². The van der Waals surface area contributed by atoms with Crippen molar-refractivity contribution < 1.29 is 31.5 Å². The highest BCUT2D eigenvalue weighted by atomic mass is 32.2. The van der Waals surface area contributed by atoms with Gasteiger partial charge in [0.15, 0.2) is 0 Å². The van der Waals surface area contributed by atoms with Gasteiger partial charge < -0.3 is 9.52 Å². The molecule has 0 amide bonds. The number of aromatic carboxylic acids is 1. The minimum Gasteiger partial charge on any atom is -0.478 e. The third-order valence-electron chi connectivity index (χ3n) is 3.39. The molecule has 0 unspecified atom stereocenters. The van der Waals surface area contributed by atoms with E-state index in [1.54, 1.807) is 0 Å². The van der Waals surface area contributed by atoms with E-state index in [4.69, 9.17) is 4.42 Å². The molecule has 1 heterocycles. The lowest BCUT2D eigenvalue weighted by Crippen LogP contribution is -2.10. The fourth-order valence-electron chi connectivity index (χ4n) is 2.41. The van der Waals surface area contributed by atoms with E-state index in [1.807, 2.05) is 4.72 Å². The molecule has 0 atom stereocenters. The third-order valence-corrected chi connectivity index (χ3v) is 3.98. The van der Waals surface area contributed by atoms with Crippen molar-refractivity contribution in [2.75, 3.05) is 11.0 Å². The summed E-state index contributed by atoms with van der Waals surface area (Å²) in [7, 11) is -3.73. The van der Waals surface area contributed by atoms with Crippen LogP contribution in [0.5, 0.6) is 0 Å². The SMILES string of the molecule is CS(=O)(=O)Nc1cc2oc(-c3ccc(F)cc3)c(C(=O)O)c2cc1F. The topological polar surface area (TPSA) is 96.6 Å². The molecule has 0 fully saturated rings. The number of hydrogen-bond acceptors (Lipinski definition) is 4. The second-order valence-electron chi connectivity index (χ2n) is 5.32. The molecule has 130 valence electrons. The van der Waals surface area contributed by atoms with Gasteiger partial charge in [0, 0.05) is 17.0 Å². The van der Waals surface area contributed by atoms with Gasteiger partial charge in [0.2, 0.25) is 10.0 Å². The van der Waals surface area contributed by atoms with E-state index in [9.17, 15) is 27.1 Å². The van der Waals surface area contributed by atoms with Crippen LogP contribution in [0.4, 0.5) is 14.5 Å². The molecule has 6 nitrogen and oxygen atoms in total. The second-order valence-corrected chi connectivity index (χ2v) is 7.07. The first-order valence-electron chi connectivity index (χ1n) is 6.89. The minimum absolute atomic E-state index is 0.0238. The van der Waals surface area contributed by atoms with Crippen LogP contribution < -0.4 is 4.72 Å². The van der Waals surface area contributed by atoms with Gasteiger partial charge in [-0.15, -0.1) is 0 Å². The minimum atomic E-state index is -3.73. The van der Waals surface area contributed by atoms with E-state index < -0.39 is 27.6 Å². The van der Waals surface area contributed by atoms with Gasteiger partial charge in [-0.3, -0.25) is 4.72 Å². The number of rotatable bonds is 4. The molecule has 2 N–H and O–H groups in total. The molecule has 3 rings (SSSR count). The number of hydrogen-bond donors (Lipinski definition) is 2. The summed E-state index contributed by atoms with van der Waals surface area (Å²) in [6, 6.07) is 6.85. The van der Waals surface area contributed by atoms with Crippen LogP contribution in [-0.4, -0.2) is 25.7 Å². The number of anilines is 1. The maximum atomic E-state index is 14.1. The van der Waals surface area contributed by atoms with Gasteiger partial charge in [0.1, 0.15) is 28.5 Å². The molecule has 0 aliphatic heterocycles. The quantitative estimate of drug-likeness (QED) is 0.736. The Labute approximate surface area is 140 Å². The third kappa shape index (κ3) is 3.31. The summed E-state index contributed by atoms with van der Waals surface area (Å²) in [5.41, 5.74) is -0.407. The zero-order valence-corrected chi connectivity index (χ0v) is 13.5. The van der Waals surface area contributed by atoms with Crippen molar-refractivity contribution in [3.63, 3.8) is 0 Å². The molecule has 3 aromatic rings. The Balaban J connectivity index is 2.26. The molecule has 0 aliphatic rings. The van der Waals surface area contributed by atoms with Gasteiger partial charge >= 0.3 is 5.97 Å². The van der Waals surface area contributed by atoms with E-state index in [0.29, 0.717) is 0 Å². The van der Waals surface area contributed by atoms with Crippen LogP contribution in [0.3, 0.4) is 0 Å². The molecule has 9 heteroatoms. The lowest BCUT2D eigenvalue weighted by atomic mass is 10.1. The maximum absolute atomic E-state index is 14.1. The van der Waals surface area contributed by atoms with Crippen molar-refractivity contribution in [2.45, 2.75) is 0 Å². The van der Waals surface area contributed by atoms with Gasteiger partial charge in [0.25, 0.3) is 0 Å². The number of furan rings is 1. The summed E-state index contributed by atoms with van der Waals surface area (Å²) in [5.74, 6) is -2.91. The molecule has 0 saturated carbocycles. The highest BCUT2D eigenvalue weighted by molar-refractivity contribution is 7.92. The Hall–Kier alpha value is -2.94. The van der Waals surface area contributed by atoms with Crippen LogP contribution in [0, 0.1) is 11.6 Å². The predicted octanol–water partition coefficient (Wildman–Crippen LogP) is 3.45. The highest BCUT2D eigenvalue weighted by Gasteiger charge is 2.23. The molecular formula is C16H11F2NO5S. The van der Waals surface area contributed by atoms with Crippen molar-refractivity contribution in [3.05, 3.63) is 53.6 Å². The standard InChI is InChI=1S/C16H11F2NO5S/c1-25(22,23)19-12-7-13-10(6-11(12)18)14(16(20)21)15(24-13)8-2-4-9(17)5-3-8/h2-7,19H,1H3,(H,20,21). The molecule has 0 radical (unpaired) electrons. The molecule has 2 aromatic carbocycles. The van der Waals surface area contributed by atoms with Crippen molar-refractivity contribution in [3.8, 4) is 11.3 Å². The maximum Gasteiger partial charge on any atom is 0.340 e. The van der Waals surface area contributed by atoms with Gasteiger partial charge in [-0.05, 0) is 30.3 Å². The fourth-order valence-corrected chi connectivity index (χ4v) is 2.97. The monoisotopic (exact) mass is 367 g/mol. The number of halogens is 2. The first kappa shape index (κ1) is 16.9.